The number of nitrogens with zero attached hydrogens (tertiary/aromatic N) is 3. The fraction of sp³-hybridized carbons (Fsp3) is 0.650. The summed E-state index contributed by atoms with van der Waals surface area (Å²) in [7, 11) is 7.81. The van der Waals surface area contributed by atoms with Crippen LogP contribution in [0.25, 0.3) is 0 Å². The third-order valence-corrected chi connectivity index (χ3v) is 4.94. The van der Waals surface area contributed by atoms with Gasteiger partial charge in [0.1, 0.15) is 5.75 Å². The number of ether oxygens (including phenoxy) is 1. The van der Waals surface area contributed by atoms with Crippen LogP contribution in [-0.4, -0.2) is 63.6 Å². The average molecular weight is 347 g/mol. The van der Waals surface area contributed by atoms with Gasteiger partial charge >= 0.3 is 0 Å². The minimum Gasteiger partial charge on any atom is -0.497 e. The van der Waals surface area contributed by atoms with Gasteiger partial charge in [0.05, 0.1) is 13.2 Å². The van der Waals surface area contributed by atoms with E-state index in [-0.39, 0.29) is 6.04 Å². The number of hydrogen-bond donors (Lipinski definition) is 1. The molecule has 1 saturated heterocycles. The van der Waals surface area contributed by atoms with Crippen molar-refractivity contribution in [3.63, 3.8) is 0 Å². The van der Waals surface area contributed by atoms with Gasteiger partial charge in [-0.15, -0.1) is 0 Å². The van der Waals surface area contributed by atoms with Gasteiger partial charge in [-0.2, -0.15) is 0 Å². The predicted molar refractivity (Wildman–Crippen MR) is 105 cm³/mol. The molecule has 0 amide bonds. The molecule has 5 nitrogen and oxygen atoms in total. The molecule has 1 aliphatic heterocycles. The Balaban J connectivity index is 2.06. The Morgan fingerprint density at radius 2 is 2.00 bits per heavy atom. The molecule has 0 saturated carbocycles. The van der Waals surface area contributed by atoms with Crippen molar-refractivity contribution in [3.05, 3.63) is 29.8 Å². The summed E-state index contributed by atoms with van der Waals surface area (Å²) in [6.45, 7) is 7.63. The van der Waals surface area contributed by atoms with Gasteiger partial charge in [0.15, 0.2) is 5.96 Å². The number of likely N-dealkylation sites (tertiary alicyclic amines) is 1. The van der Waals surface area contributed by atoms with E-state index in [4.69, 9.17) is 4.74 Å². The van der Waals surface area contributed by atoms with Crippen molar-refractivity contribution in [2.45, 2.75) is 26.3 Å². The summed E-state index contributed by atoms with van der Waals surface area (Å²) in [6, 6.07) is 8.56. The highest BCUT2D eigenvalue weighted by molar-refractivity contribution is 5.80. The zero-order chi connectivity index (χ0) is 18.4. The summed E-state index contributed by atoms with van der Waals surface area (Å²) in [6.07, 6.45) is 1.30. The van der Waals surface area contributed by atoms with E-state index in [1.54, 1.807) is 7.11 Å². The number of methoxy groups -OCH3 is 1. The molecule has 1 fully saturated rings. The first-order valence-corrected chi connectivity index (χ1v) is 9.20. The molecule has 0 spiro atoms. The fourth-order valence-electron chi connectivity index (χ4n) is 3.80. The molecule has 0 bridgehead atoms. The van der Waals surface area contributed by atoms with E-state index >= 15 is 0 Å². The van der Waals surface area contributed by atoms with E-state index in [1.165, 1.54) is 12.0 Å². The second-order valence-electron chi connectivity index (χ2n) is 7.54. The third kappa shape index (κ3) is 5.36. The summed E-state index contributed by atoms with van der Waals surface area (Å²) in [5.41, 5.74) is 1.24. The molecule has 1 heterocycles. The van der Waals surface area contributed by atoms with Gasteiger partial charge in [-0.25, -0.2) is 0 Å². The van der Waals surface area contributed by atoms with Crippen LogP contribution in [-0.2, 0) is 0 Å². The quantitative estimate of drug-likeness (QED) is 0.657. The second kappa shape index (κ2) is 9.09. The van der Waals surface area contributed by atoms with Crippen molar-refractivity contribution in [3.8, 4) is 5.75 Å². The Kier molecular flexibility index (Phi) is 7.12. The molecule has 1 aromatic carbocycles. The third-order valence-electron chi connectivity index (χ3n) is 4.94. The minimum atomic E-state index is 0.256. The topological polar surface area (TPSA) is 40.1 Å². The summed E-state index contributed by atoms with van der Waals surface area (Å²) in [5, 5.41) is 3.59. The van der Waals surface area contributed by atoms with Crippen LogP contribution in [0.15, 0.2) is 29.3 Å². The van der Waals surface area contributed by atoms with Crippen molar-refractivity contribution in [1.82, 2.24) is 15.1 Å². The van der Waals surface area contributed by atoms with Gasteiger partial charge < -0.3 is 19.9 Å². The average Bonchev–Trinajstić information content (AvgIpc) is 2.57. The van der Waals surface area contributed by atoms with E-state index in [1.807, 2.05) is 19.2 Å². The molecule has 1 aliphatic rings. The number of piperidine rings is 1. The van der Waals surface area contributed by atoms with E-state index in [0.29, 0.717) is 11.8 Å². The normalized spacial score (nSPS) is 22.8. The van der Waals surface area contributed by atoms with E-state index in [0.717, 1.165) is 31.3 Å². The van der Waals surface area contributed by atoms with Crippen molar-refractivity contribution in [2.75, 3.05) is 47.9 Å². The molecule has 1 aromatic rings. The smallest absolute Gasteiger partial charge is 0.193 e. The van der Waals surface area contributed by atoms with Crippen molar-refractivity contribution >= 4 is 5.96 Å². The molecule has 0 aliphatic carbocycles. The van der Waals surface area contributed by atoms with Gasteiger partial charge in [-0.3, -0.25) is 4.99 Å². The SMILES string of the molecule is CN=C(NCC(c1cccc(OC)c1)N(C)C)N1CC(C)CC(C)C1. The molecule has 0 aromatic heterocycles. The zero-order valence-corrected chi connectivity index (χ0v) is 16.6. The lowest BCUT2D eigenvalue weighted by Crippen LogP contribution is -2.49. The van der Waals surface area contributed by atoms with Crippen molar-refractivity contribution < 1.29 is 4.74 Å². The van der Waals surface area contributed by atoms with Crippen molar-refractivity contribution in [1.29, 1.82) is 0 Å². The van der Waals surface area contributed by atoms with Crippen LogP contribution in [0.5, 0.6) is 5.75 Å². The maximum atomic E-state index is 5.38. The number of guanidine groups is 1. The van der Waals surface area contributed by atoms with E-state index in [2.05, 4.69) is 60.2 Å². The number of aliphatic imine (C=N–C) groups is 1. The summed E-state index contributed by atoms with van der Waals surface area (Å²) >= 11 is 0. The van der Waals surface area contributed by atoms with E-state index < -0.39 is 0 Å². The molecule has 5 heteroatoms. The molecule has 25 heavy (non-hydrogen) atoms. The maximum Gasteiger partial charge on any atom is 0.193 e. The highest BCUT2D eigenvalue weighted by Crippen LogP contribution is 2.23. The highest BCUT2D eigenvalue weighted by atomic mass is 16.5. The van der Waals surface area contributed by atoms with Gasteiger partial charge in [-0.05, 0) is 50.0 Å². The highest BCUT2D eigenvalue weighted by Gasteiger charge is 2.25. The summed E-state index contributed by atoms with van der Waals surface area (Å²) in [5.74, 6) is 3.33. The van der Waals surface area contributed by atoms with Crippen LogP contribution in [0.2, 0.25) is 0 Å². The van der Waals surface area contributed by atoms with Crippen LogP contribution < -0.4 is 10.1 Å². The number of benzene rings is 1. The van der Waals surface area contributed by atoms with Crippen LogP contribution in [0.3, 0.4) is 0 Å². The molecule has 0 radical (unpaired) electrons. The van der Waals surface area contributed by atoms with Crippen LogP contribution >= 0.6 is 0 Å². The largest absolute Gasteiger partial charge is 0.497 e. The predicted octanol–water partition coefficient (Wildman–Crippen LogP) is 2.85. The zero-order valence-electron chi connectivity index (χ0n) is 16.6. The van der Waals surface area contributed by atoms with Crippen LogP contribution in [0, 0.1) is 11.8 Å². The Morgan fingerprint density at radius 3 is 2.56 bits per heavy atom. The maximum absolute atomic E-state index is 5.38. The number of nitrogens with one attached hydrogen (secondary N) is 1. The van der Waals surface area contributed by atoms with Crippen LogP contribution in [0.4, 0.5) is 0 Å². The Bertz CT molecular complexity index is 563. The van der Waals surface area contributed by atoms with Gasteiger partial charge in [-0.1, -0.05) is 26.0 Å². The lowest BCUT2D eigenvalue weighted by molar-refractivity contribution is 0.206. The minimum absolute atomic E-state index is 0.256. The molecule has 1 N–H and O–H groups in total. The molecular weight excluding hydrogens is 312 g/mol. The lowest BCUT2D eigenvalue weighted by atomic mass is 9.92. The standard InChI is InChI=1S/C20H34N4O/c1-15-10-16(2)14-24(13-15)20(21-3)22-12-19(23(4)5)17-8-7-9-18(11-17)25-6/h7-9,11,15-16,19H,10,12-14H2,1-6H3,(H,21,22). The fourth-order valence-corrected chi connectivity index (χ4v) is 3.80. The summed E-state index contributed by atoms with van der Waals surface area (Å²) in [4.78, 5) is 9.16. The second-order valence-corrected chi connectivity index (χ2v) is 7.54. The number of hydrogen-bond acceptors (Lipinski definition) is 3. The number of rotatable bonds is 5. The van der Waals surface area contributed by atoms with Gasteiger partial charge in [0, 0.05) is 26.7 Å². The molecular formula is C20H34N4O. The monoisotopic (exact) mass is 346 g/mol. The summed E-state index contributed by atoms with van der Waals surface area (Å²) < 4.78 is 5.38. The lowest BCUT2D eigenvalue weighted by Gasteiger charge is -2.37. The Morgan fingerprint density at radius 1 is 1.32 bits per heavy atom. The molecule has 3 atom stereocenters. The Hall–Kier alpha value is -1.75. The van der Waals surface area contributed by atoms with Gasteiger partial charge in [0.2, 0.25) is 0 Å². The van der Waals surface area contributed by atoms with Crippen molar-refractivity contribution in [2.24, 2.45) is 16.8 Å². The first-order chi connectivity index (χ1) is 11.9. The molecule has 2 rings (SSSR count). The molecule has 140 valence electrons. The van der Waals surface area contributed by atoms with Gasteiger partial charge in [0.25, 0.3) is 0 Å². The van der Waals surface area contributed by atoms with E-state index in [9.17, 15) is 0 Å². The molecule has 3 unspecified atom stereocenters. The first kappa shape index (κ1) is 19.6. The Labute approximate surface area is 153 Å². The van der Waals surface area contributed by atoms with Crippen LogP contribution in [0.1, 0.15) is 31.9 Å². The first-order valence-electron chi connectivity index (χ1n) is 9.20. The number of likely N-dealkylation sites (N-methyl/N-ethyl adjacent to an activating group) is 1.